The average Bonchev–Trinajstić information content (AvgIpc) is 3.05. The molecule has 1 aliphatic rings. The Bertz CT molecular complexity index is 651. The highest BCUT2D eigenvalue weighted by Gasteiger charge is 2.34. The van der Waals surface area contributed by atoms with Crippen LogP contribution in [0.15, 0.2) is 34.9 Å². The zero-order valence-corrected chi connectivity index (χ0v) is 12.0. The van der Waals surface area contributed by atoms with Crippen LogP contribution < -0.4 is 0 Å². The molecule has 0 saturated carbocycles. The lowest BCUT2D eigenvalue weighted by Crippen LogP contribution is -2.34. The highest BCUT2D eigenvalue weighted by molar-refractivity contribution is 5.92. The standard InChI is InChI=1S/C16H17FN2O2/c1-10-7-13(12-3-5-14(17)6-4-12)9-19(10)16(20)15-8-11(2)21-18-15/h3-6,8,10,13H,7,9H2,1-2H3. The Morgan fingerprint density at radius 1 is 1.38 bits per heavy atom. The zero-order chi connectivity index (χ0) is 15.0. The number of carbonyl (C=O) groups is 1. The summed E-state index contributed by atoms with van der Waals surface area (Å²) < 4.78 is 18.0. The van der Waals surface area contributed by atoms with E-state index < -0.39 is 0 Å². The number of hydrogen-bond acceptors (Lipinski definition) is 3. The van der Waals surface area contributed by atoms with Gasteiger partial charge in [-0.15, -0.1) is 0 Å². The van der Waals surface area contributed by atoms with Crippen molar-refractivity contribution in [2.24, 2.45) is 0 Å². The second-order valence-electron chi connectivity index (χ2n) is 5.61. The summed E-state index contributed by atoms with van der Waals surface area (Å²) in [5, 5.41) is 3.79. The van der Waals surface area contributed by atoms with Crippen LogP contribution in [0.5, 0.6) is 0 Å². The Morgan fingerprint density at radius 2 is 2.10 bits per heavy atom. The molecule has 2 unspecified atom stereocenters. The maximum atomic E-state index is 13.0. The fourth-order valence-electron chi connectivity index (χ4n) is 2.90. The predicted molar refractivity (Wildman–Crippen MR) is 75.5 cm³/mol. The van der Waals surface area contributed by atoms with Gasteiger partial charge in [0.1, 0.15) is 11.6 Å². The monoisotopic (exact) mass is 288 g/mol. The zero-order valence-electron chi connectivity index (χ0n) is 12.0. The maximum Gasteiger partial charge on any atom is 0.276 e. The van der Waals surface area contributed by atoms with Gasteiger partial charge in [0.2, 0.25) is 0 Å². The second-order valence-corrected chi connectivity index (χ2v) is 5.61. The highest BCUT2D eigenvalue weighted by Crippen LogP contribution is 2.32. The van der Waals surface area contributed by atoms with Gasteiger partial charge >= 0.3 is 0 Å². The molecule has 0 spiro atoms. The van der Waals surface area contributed by atoms with Crippen LogP contribution in [-0.4, -0.2) is 28.6 Å². The number of halogens is 1. The van der Waals surface area contributed by atoms with Crippen LogP contribution in [0.3, 0.4) is 0 Å². The topological polar surface area (TPSA) is 46.3 Å². The van der Waals surface area contributed by atoms with E-state index in [9.17, 15) is 9.18 Å². The summed E-state index contributed by atoms with van der Waals surface area (Å²) in [4.78, 5) is 14.3. The number of likely N-dealkylation sites (tertiary alicyclic amines) is 1. The van der Waals surface area contributed by atoms with Crippen LogP contribution >= 0.6 is 0 Å². The first-order valence-electron chi connectivity index (χ1n) is 7.04. The molecule has 1 aliphatic heterocycles. The summed E-state index contributed by atoms with van der Waals surface area (Å²) >= 11 is 0. The normalized spacial score (nSPS) is 21.8. The van der Waals surface area contributed by atoms with Gasteiger partial charge in [0, 0.05) is 24.6 Å². The molecule has 0 bridgehead atoms. The van der Waals surface area contributed by atoms with Gasteiger partial charge in [-0.1, -0.05) is 17.3 Å². The molecule has 0 aliphatic carbocycles. The van der Waals surface area contributed by atoms with Crippen LogP contribution in [0, 0.1) is 12.7 Å². The lowest BCUT2D eigenvalue weighted by atomic mass is 9.97. The fourth-order valence-corrected chi connectivity index (χ4v) is 2.90. The fraction of sp³-hybridized carbons (Fsp3) is 0.375. The lowest BCUT2D eigenvalue weighted by molar-refractivity contribution is 0.0735. The van der Waals surface area contributed by atoms with Gasteiger partial charge in [-0.05, 0) is 38.0 Å². The van der Waals surface area contributed by atoms with E-state index in [1.165, 1.54) is 12.1 Å². The van der Waals surface area contributed by atoms with Gasteiger partial charge in [-0.3, -0.25) is 4.79 Å². The quantitative estimate of drug-likeness (QED) is 0.853. The van der Waals surface area contributed by atoms with E-state index in [0.717, 1.165) is 12.0 Å². The molecule has 2 atom stereocenters. The van der Waals surface area contributed by atoms with Crippen molar-refractivity contribution in [1.29, 1.82) is 0 Å². The Hall–Kier alpha value is -2.17. The molecule has 5 heteroatoms. The molecule has 4 nitrogen and oxygen atoms in total. The van der Waals surface area contributed by atoms with Crippen molar-refractivity contribution < 1.29 is 13.7 Å². The molecular weight excluding hydrogens is 271 g/mol. The van der Waals surface area contributed by atoms with Crippen LogP contribution in [0.1, 0.15) is 41.1 Å². The van der Waals surface area contributed by atoms with Gasteiger partial charge in [0.25, 0.3) is 5.91 Å². The SMILES string of the molecule is Cc1cc(C(=O)N2CC(c3ccc(F)cc3)CC2C)no1. The van der Waals surface area contributed by atoms with E-state index in [4.69, 9.17) is 4.52 Å². The minimum absolute atomic E-state index is 0.107. The van der Waals surface area contributed by atoms with Crippen molar-refractivity contribution in [3.05, 3.63) is 53.2 Å². The van der Waals surface area contributed by atoms with E-state index in [-0.39, 0.29) is 23.7 Å². The smallest absolute Gasteiger partial charge is 0.276 e. The Labute approximate surface area is 122 Å². The third-order valence-electron chi connectivity index (χ3n) is 4.02. The molecule has 3 rings (SSSR count). The molecule has 1 saturated heterocycles. The van der Waals surface area contributed by atoms with Crippen LogP contribution in [-0.2, 0) is 0 Å². The molecule has 1 fully saturated rings. The Balaban J connectivity index is 1.77. The molecule has 0 N–H and O–H groups in total. The summed E-state index contributed by atoms with van der Waals surface area (Å²) in [5.41, 5.74) is 1.41. The third-order valence-corrected chi connectivity index (χ3v) is 4.02. The van der Waals surface area contributed by atoms with Crippen molar-refractivity contribution in [2.75, 3.05) is 6.54 Å². The molecule has 21 heavy (non-hydrogen) atoms. The molecule has 0 radical (unpaired) electrons. The van der Waals surface area contributed by atoms with Gasteiger partial charge in [-0.25, -0.2) is 4.39 Å². The van der Waals surface area contributed by atoms with Gasteiger partial charge in [0.15, 0.2) is 5.69 Å². The van der Waals surface area contributed by atoms with Crippen molar-refractivity contribution in [3.8, 4) is 0 Å². The molecule has 1 aromatic carbocycles. The van der Waals surface area contributed by atoms with Crippen molar-refractivity contribution >= 4 is 5.91 Å². The minimum atomic E-state index is -0.240. The number of rotatable bonds is 2. The van der Waals surface area contributed by atoms with E-state index in [1.54, 1.807) is 25.1 Å². The number of benzene rings is 1. The number of carbonyl (C=O) groups excluding carboxylic acids is 1. The van der Waals surface area contributed by atoms with Crippen LogP contribution in [0.2, 0.25) is 0 Å². The number of amides is 1. The van der Waals surface area contributed by atoms with Gasteiger partial charge in [0.05, 0.1) is 0 Å². The molecule has 110 valence electrons. The largest absolute Gasteiger partial charge is 0.361 e. The Morgan fingerprint density at radius 3 is 2.71 bits per heavy atom. The molecule has 2 heterocycles. The van der Waals surface area contributed by atoms with E-state index in [2.05, 4.69) is 5.16 Å². The predicted octanol–water partition coefficient (Wildman–Crippen LogP) is 3.14. The van der Waals surface area contributed by atoms with Crippen molar-refractivity contribution in [1.82, 2.24) is 10.1 Å². The Kier molecular flexibility index (Phi) is 3.49. The van der Waals surface area contributed by atoms with E-state index in [1.807, 2.05) is 11.8 Å². The number of nitrogens with zero attached hydrogens (tertiary/aromatic N) is 2. The first-order chi connectivity index (χ1) is 10.0. The first-order valence-corrected chi connectivity index (χ1v) is 7.04. The maximum absolute atomic E-state index is 13.0. The number of hydrogen-bond donors (Lipinski definition) is 0. The molecular formula is C16H17FN2O2. The van der Waals surface area contributed by atoms with Crippen LogP contribution in [0.4, 0.5) is 4.39 Å². The van der Waals surface area contributed by atoms with Gasteiger partial charge in [-0.2, -0.15) is 0 Å². The molecule has 1 aromatic heterocycles. The summed E-state index contributed by atoms with van der Waals surface area (Å²) in [6, 6.07) is 8.30. The summed E-state index contributed by atoms with van der Waals surface area (Å²) in [7, 11) is 0. The van der Waals surface area contributed by atoms with Crippen molar-refractivity contribution in [2.45, 2.75) is 32.2 Å². The molecule has 2 aromatic rings. The number of aryl methyl sites for hydroxylation is 1. The lowest BCUT2D eigenvalue weighted by Gasteiger charge is -2.19. The van der Waals surface area contributed by atoms with E-state index in [0.29, 0.717) is 18.0 Å². The first kappa shape index (κ1) is 13.8. The third kappa shape index (κ3) is 2.68. The summed E-state index contributed by atoms with van der Waals surface area (Å²) in [6.45, 7) is 4.41. The summed E-state index contributed by atoms with van der Waals surface area (Å²) in [5.74, 6) is 0.512. The highest BCUT2D eigenvalue weighted by atomic mass is 19.1. The second kappa shape index (κ2) is 5.31. The number of aromatic nitrogens is 1. The average molecular weight is 288 g/mol. The molecule has 1 amide bonds. The van der Waals surface area contributed by atoms with Crippen LogP contribution in [0.25, 0.3) is 0 Å². The minimum Gasteiger partial charge on any atom is -0.361 e. The van der Waals surface area contributed by atoms with Gasteiger partial charge < -0.3 is 9.42 Å². The van der Waals surface area contributed by atoms with E-state index >= 15 is 0 Å². The van der Waals surface area contributed by atoms with Crippen molar-refractivity contribution in [3.63, 3.8) is 0 Å². The summed E-state index contributed by atoms with van der Waals surface area (Å²) in [6.07, 6.45) is 0.869.